The number of nitrogens with zero attached hydrogens (tertiary/aromatic N) is 3. The fourth-order valence-electron chi connectivity index (χ4n) is 2.99. The first-order valence-corrected chi connectivity index (χ1v) is 9.21. The third kappa shape index (κ3) is 4.16. The first kappa shape index (κ1) is 18.4. The fraction of sp³-hybridized carbons (Fsp3) is 0.0870. The zero-order valence-corrected chi connectivity index (χ0v) is 15.9. The van der Waals surface area contributed by atoms with Crippen LogP contribution in [-0.4, -0.2) is 27.8 Å². The summed E-state index contributed by atoms with van der Waals surface area (Å²) >= 11 is 0. The van der Waals surface area contributed by atoms with E-state index >= 15 is 0 Å². The van der Waals surface area contributed by atoms with Crippen molar-refractivity contribution in [1.29, 1.82) is 0 Å². The standard InChI is InChI=1S/C23H20N4O2/c1-29-20-9-7-18(8-10-20)21-15-22(27(26-21)19-5-3-2-4-6-19)23(28)25-16-17-11-13-24-14-12-17/h2-15H,16H2,1H3,(H,25,28). The van der Waals surface area contributed by atoms with Gasteiger partial charge < -0.3 is 10.1 Å². The Labute approximate surface area is 168 Å². The molecule has 2 heterocycles. The minimum atomic E-state index is -0.196. The number of ether oxygens (including phenoxy) is 1. The molecule has 2 aromatic heterocycles. The summed E-state index contributed by atoms with van der Waals surface area (Å²) in [4.78, 5) is 16.9. The number of hydrogen-bond donors (Lipinski definition) is 1. The topological polar surface area (TPSA) is 69.0 Å². The zero-order valence-electron chi connectivity index (χ0n) is 15.9. The highest BCUT2D eigenvalue weighted by molar-refractivity contribution is 5.94. The van der Waals surface area contributed by atoms with Gasteiger partial charge >= 0.3 is 0 Å². The maximum atomic E-state index is 12.9. The number of amides is 1. The molecule has 0 bridgehead atoms. The van der Waals surface area contributed by atoms with Crippen LogP contribution in [0.3, 0.4) is 0 Å². The maximum absolute atomic E-state index is 12.9. The maximum Gasteiger partial charge on any atom is 0.270 e. The first-order chi connectivity index (χ1) is 14.2. The molecule has 2 aromatic carbocycles. The van der Waals surface area contributed by atoms with Crippen LogP contribution in [0.25, 0.3) is 16.9 Å². The second-order valence-corrected chi connectivity index (χ2v) is 6.43. The van der Waals surface area contributed by atoms with E-state index in [0.717, 1.165) is 22.6 Å². The molecular formula is C23H20N4O2. The predicted molar refractivity (Wildman–Crippen MR) is 111 cm³/mol. The number of para-hydroxylation sites is 1. The summed E-state index contributed by atoms with van der Waals surface area (Å²) in [6.07, 6.45) is 3.41. The molecule has 4 aromatic rings. The molecule has 0 saturated heterocycles. The molecule has 0 radical (unpaired) electrons. The van der Waals surface area contributed by atoms with Crippen molar-refractivity contribution in [1.82, 2.24) is 20.1 Å². The van der Waals surface area contributed by atoms with Crippen LogP contribution in [0.15, 0.2) is 85.2 Å². The Bertz CT molecular complexity index is 1090. The van der Waals surface area contributed by atoms with Crippen LogP contribution in [0, 0.1) is 0 Å². The Morgan fingerprint density at radius 3 is 2.41 bits per heavy atom. The van der Waals surface area contributed by atoms with Crippen LogP contribution in [0.5, 0.6) is 5.75 Å². The number of hydrogen-bond acceptors (Lipinski definition) is 4. The zero-order chi connectivity index (χ0) is 20.1. The molecule has 29 heavy (non-hydrogen) atoms. The van der Waals surface area contributed by atoms with Gasteiger partial charge in [-0.3, -0.25) is 9.78 Å². The van der Waals surface area contributed by atoms with Crippen molar-refractivity contribution in [3.05, 3.63) is 96.4 Å². The highest BCUT2D eigenvalue weighted by Gasteiger charge is 2.17. The number of methoxy groups -OCH3 is 1. The number of rotatable bonds is 6. The van der Waals surface area contributed by atoms with Gasteiger partial charge in [0, 0.05) is 24.5 Å². The van der Waals surface area contributed by atoms with Crippen molar-refractivity contribution in [2.75, 3.05) is 7.11 Å². The van der Waals surface area contributed by atoms with Gasteiger partial charge in [0.15, 0.2) is 0 Å². The molecule has 0 fully saturated rings. The van der Waals surface area contributed by atoms with Crippen molar-refractivity contribution < 1.29 is 9.53 Å². The van der Waals surface area contributed by atoms with E-state index in [4.69, 9.17) is 4.74 Å². The Hall–Kier alpha value is -3.93. The van der Waals surface area contributed by atoms with E-state index in [1.807, 2.05) is 66.7 Å². The third-order valence-corrected chi connectivity index (χ3v) is 4.53. The average Bonchev–Trinajstić information content (AvgIpc) is 3.24. The quantitative estimate of drug-likeness (QED) is 0.548. The van der Waals surface area contributed by atoms with Crippen LogP contribution in [0.4, 0.5) is 0 Å². The van der Waals surface area contributed by atoms with E-state index in [-0.39, 0.29) is 5.91 Å². The summed E-state index contributed by atoms with van der Waals surface area (Å²) in [6, 6.07) is 22.8. The van der Waals surface area contributed by atoms with E-state index in [1.165, 1.54) is 0 Å². The third-order valence-electron chi connectivity index (χ3n) is 4.53. The summed E-state index contributed by atoms with van der Waals surface area (Å²) in [6.45, 7) is 0.416. The van der Waals surface area contributed by atoms with Crippen LogP contribution < -0.4 is 10.1 Å². The minimum Gasteiger partial charge on any atom is -0.497 e. The summed E-state index contributed by atoms with van der Waals surface area (Å²) in [5.41, 5.74) is 3.89. The Balaban J connectivity index is 1.67. The molecule has 0 atom stereocenters. The normalized spacial score (nSPS) is 10.5. The molecule has 0 spiro atoms. The number of nitrogens with one attached hydrogen (secondary N) is 1. The largest absolute Gasteiger partial charge is 0.497 e. The van der Waals surface area contributed by atoms with E-state index in [2.05, 4.69) is 15.4 Å². The van der Waals surface area contributed by atoms with Crippen molar-refractivity contribution in [3.63, 3.8) is 0 Å². The van der Waals surface area contributed by atoms with Gasteiger partial charge in [0.1, 0.15) is 11.4 Å². The predicted octanol–water partition coefficient (Wildman–Crippen LogP) is 3.87. The van der Waals surface area contributed by atoms with Crippen LogP contribution in [0.1, 0.15) is 16.1 Å². The summed E-state index contributed by atoms with van der Waals surface area (Å²) < 4.78 is 6.89. The lowest BCUT2D eigenvalue weighted by atomic mass is 10.1. The molecule has 1 N–H and O–H groups in total. The molecule has 6 heteroatoms. The Morgan fingerprint density at radius 2 is 1.72 bits per heavy atom. The van der Waals surface area contributed by atoms with Gasteiger partial charge in [0.05, 0.1) is 18.5 Å². The number of pyridine rings is 1. The Morgan fingerprint density at radius 1 is 1.00 bits per heavy atom. The van der Waals surface area contributed by atoms with Gasteiger partial charge in [0.25, 0.3) is 5.91 Å². The molecule has 6 nitrogen and oxygen atoms in total. The monoisotopic (exact) mass is 384 g/mol. The number of aromatic nitrogens is 3. The molecule has 0 unspecified atom stereocenters. The summed E-state index contributed by atoms with van der Waals surface area (Å²) in [7, 11) is 1.63. The molecule has 0 saturated carbocycles. The summed E-state index contributed by atoms with van der Waals surface area (Å²) in [5.74, 6) is 0.574. The van der Waals surface area contributed by atoms with E-state index in [9.17, 15) is 4.79 Å². The van der Waals surface area contributed by atoms with Gasteiger partial charge in [-0.1, -0.05) is 18.2 Å². The van der Waals surface area contributed by atoms with Gasteiger partial charge in [0.2, 0.25) is 0 Å². The van der Waals surface area contributed by atoms with E-state index < -0.39 is 0 Å². The number of carbonyl (C=O) groups is 1. The highest BCUT2D eigenvalue weighted by atomic mass is 16.5. The van der Waals surface area contributed by atoms with Crippen LogP contribution in [-0.2, 0) is 6.54 Å². The van der Waals surface area contributed by atoms with Crippen LogP contribution in [0.2, 0.25) is 0 Å². The van der Waals surface area contributed by atoms with Crippen LogP contribution >= 0.6 is 0 Å². The lowest BCUT2D eigenvalue weighted by Crippen LogP contribution is -2.25. The molecule has 0 aliphatic rings. The SMILES string of the molecule is COc1ccc(-c2cc(C(=O)NCc3ccncc3)n(-c3ccccc3)n2)cc1. The smallest absolute Gasteiger partial charge is 0.270 e. The number of carbonyl (C=O) groups excluding carboxylic acids is 1. The molecule has 0 aliphatic carbocycles. The van der Waals surface area contributed by atoms with Crippen molar-refractivity contribution in [2.24, 2.45) is 0 Å². The van der Waals surface area contributed by atoms with Crippen molar-refractivity contribution >= 4 is 5.91 Å². The minimum absolute atomic E-state index is 0.196. The molecule has 144 valence electrons. The second kappa shape index (κ2) is 8.39. The second-order valence-electron chi connectivity index (χ2n) is 6.43. The van der Waals surface area contributed by atoms with Gasteiger partial charge in [-0.15, -0.1) is 0 Å². The lowest BCUT2D eigenvalue weighted by molar-refractivity contribution is 0.0943. The Kier molecular flexibility index (Phi) is 5.33. The van der Waals surface area contributed by atoms with Gasteiger partial charge in [-0.05, 0) is 60.2 Å². The van der Waals surface area contributed by atoms with Crippen molar-refractivity contribution in [2.45, 2.75) is 6.54 Å². The lowest BCUT2D eigenvalue weighted by Gasteiger charge is -2.08. The summed E-state index contributed by atoms with van der Waals surface area (Å²) in [5, 5.41) is 7.65. The average molecular weight is 384 g/mol. The molecule has 1 amide bonds. The number of benzene rings is 2. The molecule has 0 aliphatic heterocycles. The van der Waals surface area contributed by atoms with Gasteiger partial charge in [-0.25, -0.2) is 4.68 Å². The first-order valence-electron chi connectivity index (χ1n) is 9.21. The molecule has 4 rings (SSSR count). The van der Waals surface area contributed by atoms with Gasteiger partial charge in [-0.2, -0.15) is 5.10 Å². The van der Waals surface area contributed by atoms with Crippen molar-refractivity contribution in [3.8, 4) is 22.7 Å². The highest BCUT2D eigenvalue weighted by Crippen LogP contribution is 2.24. The molecular weight excluding hydrogens is 364 g/mol. The fourth-order valence-corrected chi connectivity index (χ4v) is 2.99. The van der Waals surface area contributed by atoms with E-state index in [1.54, 1.807) is 30.3 Å². The van der Waals surface area contributed by atoms with E-state index in [0.29, 0.717) is 17.9 Å².